The molecule has 2 heterocycles. The number of hydrogen-bond acceptors (Lipinski definition) is 3. The number of aryl methyl sites for hydroxylation is 1. The highest BCUT2D eigenvalue weighted by Crippen LogP contribution is 2.23. The Labute approximate surface area is 102 Å². The fourth-order valence-electron chi connectivity index (χ4n) is 2.55. The minimum atomic E-state index is 0.163. The zero-order valence-electron chi connectivity index (χ0n) is 10.6. The third-order valence-electron chi connectivity index (χ3n) is 3.72. The number of hydrogen-bond donors (Lipinski definition) is 1. The molecule has 0 bridgehead atoms. The van der Waals surface area contributed by atoms with Gasteiger partial charge >= 0.3 is 0 Å². The molecular formula is C13H21N3O. The van der Waals surface area contributed by atoms with E-state index in [1.807, 2.05) is 13.2 Å². The molecule has 1 saturated heterocycles. The van der Waals surface area contributed by atoms with Gasteiger partial charge in [-0.15, -0.1) is 0 Å². The summed E-state index contributed by atoms with van der Waals surface area (Å²) in [5, 5.41) is 3.40. The lowest BCUT2D eigenvalue weighted by atomic mass is 9.84. The summed E-state index contributed by atoms with van der Waals surface area (Å²) in [5.41, 5.74) is 0. The number of carbonyl (C=O) groups excluding carboxylic acids is 1. The van der Waals surface area contributed by atoms with Gasteiger partial charge in [-0.05, 0) is 37.8 Å². The first-order valence-electron chi connectivity index (χ1n) is 6.39. The number of rotatable bonds is 4. The van der Waals surface area contributed by atoms with Gasteiger partial charge in [0.15, 0.2) is 11.6 Å². The molecule has 0 radical (unpaired) electrons. The fourth-order valence-corrected chi connectivity index (χ4v) is 2.55. The first-order chi connectivity index (χ1) is 8.18. The van der Waals surface area contributed by atoms with Crippen LogP contribution in [0.5, 0.6) is 0 Å². The van der Waals surface area contributed by atoms with Crippen LogP contribution in [0.2, 0.25) is 0 Å². The van der Waals surface area contributed by atoms with Crippen LogP contribution >= 0.6 is 0 Å². The third-order valence-corrected chi connectivity index (χ3v) is 3.72. The average Bonchev–Trinajstić information content (AvgIpc) is 2.76. The van der Waals surface area contributed by atoms with Crippen LogP contribution in [0.1, 0.15) is 36.8 Å². The Balaban J connectivity index is 1.92. The number of carbonyl (C=O) groups is 1. The molecule has 0 spiro atoms. The molecule has 1 fully saturated rings. The van der Waals surface area contributed by atoms with Crippen LogP contribution in [0.3, 0.4) is 0 Å². The summed E-state index contributed by atoms with van der Waals surface area (Å²) in [4.78, 5) is 16.2. The molecule has 94 valence electrons. The van der Waals surface area contributed by atoms with E-state index >= 15 is 0 Å². The highest BCUT2D eigenvalue weighted by Gasteiger charge is 2.23. The van der Waals surface area contributed by atoms with E-state index in [0.717, 1.165) is 13.1 Å². The number of Topliss-reactive ketones (excluding diaryl/α,β-unsaturated/α-hetero) is 1. The van der Waals surface area contributed by atoms with Crippen molar-refractivity contribution in [1.82, 2.24) is 14.9 Å². The quantitative estimate of drug-likeness (QED) is 0.807. The van der Waals surface area contributed by atoms with E-state index in [1.54, 1.807) is 10.8 Å². The lowest BCUT2D eigenvalue weighted by Crippen LogP contribution is -2.34. The van der Waals surface area contributed by atoms with E-state index in [0.29, 0.717) is 24.1 Å². The summed E-state index contributed by atoms with van der Waals surface area (Å²) in [5.74, 6) is 1.82. The number of aromatic nitrogens is 2. The lowest BCUT2D eigenvalue weighted by Gasteiger charge is -2.27. The van der Waals surface area contributed by atoms with E-state index in [1.165, 1.54) is 12.8 Å². The summed E-state index contributed by atoms with van der Waals surface area (Å²) in [6.45, 7) is 4.35. The summed E-state index contributed by atoms with van der Waals surface area (Å²) in [6, 6.07) is 0. The molecule has 2 rings (SSSR count). The van der Waals surface area contributed by atoms with Crippen LogP contribution in [-0.4, -0.2) is 28.4 Å². The van der Waals surface area contributed by atoms with Gasteiger partial charge < -0.3 is 9.88 Å². The molecule has 4 heteroatoms. The van der Waals surface area contributed by atoms with Crippen LogP contribution in [0.25, 0.3) is 0 Å². The predicted molar refractivity (Wildman–Crippen MR) is 66.9 cm³/mol. The Morgan fingerprint density at radius 3 is 3.12 bits per heavy atom. The Bertz CT molecular complexity index is 380. The molecule has 2 unspecified atom stereocenters. The first kappa shape index (κ1) is 12.3. The maximum absolute atomic E-state index is 12.1. The predicted octanol–water partition coefficient (Wildman–Crippen LogP) is 1.63. The van der Waals surface area contributed by atoms with Crippen molar-refractivity contribution in [3.05, 3.63) is 18.2 Å². The average molecular weight is 235 g/mol. The Hall–Kier alpha value is -1.16. The number of ketones is 1. The highest BCUT2D eigenvalue weighted by atomic mass is 16.1. The van der Waals surface area contributed by atoms with Crippen molar-refractivity contribution >= 4 is 5.78 Å². The summed E-state index contributed by atoms with van der Waals surface area (Å²) in [7, 11) is 1.87. The second-order valence-electron chi connectivity index (χ2n) is 5.07. The third kappa shape index (κ3) is 2.94. The Morgan fingerprint density at radius 2 is 2.53 bits per heavy atom. The Kier molecular flexibility index (Phi) is 3.94. The molecule has 0 aromatic carbocycles. The second kappa shape index (κ2) is 5.45. The van der Waals surface area contributed by atoms with Crippen molar-refractivity contribution in [3.8, 4) is 0 Å². The molecule has 1 N–H and O–H groups in total. The normalized spacial score (nSPS) is 22.4. The summed E-state index contributed by atoms with van der Waals surface area (Å²) < 4.78 is 1.80. The smallest absolute Gasteiger partial charge is 0.198 e. The number of nitrogens with zero attached hydrogens (tertiary/aromatic N) is 2. The zero-order chi connectivity index (χ0) is 12.3. The molecular weight excluding hydrogens is 214 g/mol. The van der Waals surface area contributed by atoms with Gasteiger partial charge in [-0.1, -0.05) is 6.92 Å². The van der Waals surface area contributed by atoms with Crippen LogP contribution in [-0.2, 0) is 7.05 Å². The van der Waals surface area contributed by atoms with Crippen molar-refractivity contribution in [2.24, 2.45) is 18.9 Å². The second-order valence-corrected chi connectivity index (χ2v) is 5.07. The largest absolute Gasteiger partial charge is 0.332 e. The van der Waals surface area contributed by atoms with E-state index in [2.05, 4.69) is 17.2 Å². The number of piperidine rings is 1. The molecule has 1 aromatic rings. The topological polar surface area (TPSA) is 46.9 Å². The van der Waals surface area contributed by atoms with E-state index < -0.39 is 0 Å². The molecule has 1 aliphatic rings. The van der Waals surface area contributed by atoms with Gasteiger partial charge in [0.1, 0.15) is 0 Å². The van der Waals surface area contributed by atoms with Gasteiger partial charge in [0.05, 0.1) is 0 Å². The van der Waals surface area contributed by atoms with E-state index in [-0.39, 0.29) is 5.78 Å². The van der Waals surface area contributed by atoms with Gasteiger partial charge in [0, 0.05) is 25.9 Å². The molecule has 2 atom stereocenters. The van der Waals surface area contributed by atoms with Crippen molar-refractivity contribution in [3.63, 3.8) is 0 Å². The molecule has 4 nitrogen and oxygen atoms in total. The van der Waals surface area contributed by atoms with Crippen LogP contribution < -0.4 is 5.32 Å². The van der Waals surface area contributed by atoms with Gasteiger partial charge in [0.25, 0.3) is 0 Å². The van der Waals surface area contributed by atoms with Gasteiger partial charge in [-0.3, -0.25) is 4.79 Å². The lowest BCUT2D eigenvalue weighted by molar-refractivity contribution is 0.0929. The monoisotopic (exact) mass is 235 g/mol. The minimum absolute atomic E-state index is 0.163. The van der Waals surface area contributed by atoms with Crippen LogP contribution in [0.4, 0.5) is 0 Å². The van der Waals surface area contributed by atoms with Crippen molar-refractivity contribution in [2.75, 3.05) is 13.1 Å². The molecule has 17 heavy (non-hydrogen) atoms. The minimum Gasteiger partial charge on any atom is -0.332 e. The van der Waals surface area contributed by atoms with E-state index in [4.69, 9.17) is 0 Å². The van der Waals surface area contributed by atoms with Crippen LogP contribution in [0, 0.1) is 11.8 Å². The maximum atomic E-state index is 12.1. The highest BCUT2D eigenvalue weighted by molar-refractivity contribution is 5.92. The van der Waals surface area contributed by atoms with E-state index in [9.17, 15) is 4.79 Å². The van der Waals surface area contributed by atoms with Gasteiger partial charge in [0.2, 0.25) is 0 Å². The SMILES string of the molecule is CC(CC(=O)c1nccn1C)C1CCCNC1. The van der Waals surface area contributed by atoms with Gasteiger partial charge in [-0.25, -0.2) is 4.98 Å². The zero-order valence-corrected chi connectivity index (χ0v) is 10.6. The van der Waals surface area contributed by atoms with Crippen molar-refractivity contribution in [1.29, 1.82) is 0 Å². The van der Waals surface area contributed by atoms with Crippen molar-refractivity contribution < 1.29 is 4.79 Å². The van der Waals surface area contributed by atoms with Crippen molar-refractivity contribution in [2.45, 2.75) is 26.2 Å². The summed E-state index contributed by atoms with van der Waals surface area (Å²) >= 11 is 0. The number of imidazole rings is 1. The maximum Gasteiger partial charge on any atom is 0.198 e. The molecule has 0 amide bonds. The molecule has 1 aromatic heterocycles. The molecule has 0 aliphatic carbocycles. The molecule has 1 aliphatic heterocycles. The summed E-state index contributed by atoms with van der Waals surface area (Å²) in [6.07, 6.45) is 6.57. The first-order valence-corrected chi connectivity index (χ1v) is 6.39. The number of nitrogens with one attached hydrogen (secondary N) is 1. The van der Waals surface area contributed by atoms with Crippen LogP contribution in [0.15, 0.2) is 12.4 Å². The van der Waals surface area contributed by atoms with Gasteiger partial charge in [-0.2, -0.15) is 0 Å². The molecule has 0 saturated carbocycles. The Morgan fingerprint density at radius 1 is 1.71 bits per heavy atom. The standard InChI is InChI=1S/C13H21N3O/c1-10(11-4-3-5-14-9-11)8-12(17)13-15-6-7-16(13)2/h6-7,10-11,14H,3-5,8-9H2,1-2H3. The fraction of sp³-hybridized carbons (Fsp3) is 0.692.